The van der Waals surface area contributed by atoms with Crippen molar-refractivity contribution in [2.45, 2.75) is 25.6 Å². The van der Waals surface area contributed by atoms with Gasteiger partial charge in [0.05, 0.1) is 6.10 Å². The Hall–Kier alpha value is -1.88. The highest BCUT2D eigenvalue weighted by Gasteiger charge is 2.15. The molecule has 0 aliphatic carbocycles. The maximum atomic E-state index is 11.2. The summed E-state index contributed by atoms with van der Waals surface area (Å²) in [5, 5.41) is 14.2. The lowest BCUT2D eigenvalue weighted by atomic mass is 10.0. The molecule has 4 N–H and O–H groups in total. The van der Waals surface area contributed by atoms with E-state index in [2.05, 4.69) is 5.32 Å². The fraction of sp³-hybridized carbons (Fsp3) is 0.235. The van der Waals surface area contributed by atoms with Crippen molar-refractivity contribution in [3.8, 4) is 0 Å². The lowest BCUT2D eigenvalue weighted by Gasteiger charge is -2.21. The highest BCUT2D eigenvalue weighted by atomic mass is 35.5. The van der Waals surface area contributed by atoms with Gasteiger partial charge in [-0.2, -0.15) is 0 Å². The number of amides is 1. The second-order valence-corrected chi connectivity index (χ2v) is 5.67. The zero-order chi connectivity index (χ0) is 16.1. The van der Waals surface area contributed by atoms with E-state index in [1.807, 2.05) is 13.0 Å². The molecule has 0 aliphatic rings. The molecule has 0 aromatic heterocycles. The number of nitrogens with two attached hydrogens (primary N) is 1. The molecule has 2 atom stereocenters. The van der Waals surface area contributed by atoms with Gasteiger partial charge in [-0.25, -0.2) is 0 Å². The number of carbonyl (C=O) groups is 1. The number of primary amides is 1. The first-order valence-corrected chi connectivity index (χ1v) is 7.41. The minimum absolute atomic E-state index is 0.154. The van der Waals surface area contributed by atoms with E-state index in [0.717, 1.165) is 11.1 Å². The summed E-state index contributed by atoms with van der Waals surface area (Å²) >= 11 is 5.84. The van der Waals surface area contributed by atoms with Gasteiger partial charge >= 0.3 is 0 Å². The van der Waals surface area contributed by atoms with Gasteiger partial charge in [-0.3, -0.25) is 4.79 Å². The molecule has 2 aromatic carbocycles. The van der Waals surface area contributed by atoms with Crippen molar-refractivity contribution < 1.29 is 9.90 Å². The van der Waals surface area contributed by atoms with Crippen LogP contribution in [-0.4, -0.2) is 17.1 Å². The number of benzene rings is 2. The van der Waals surface area contributed by atoms with Crippen molar-refractivity contribution in [3.63, 3.8) is 0 Å². The van der Waals surface area contributed by atoms with Crippen LogP contribution in [0.3, 0.4) is 0 Å². The smallest absolute Gasteiger partial charge is 0.248 e. The van der Waals surface area contributed by atoms with Gasteiger partial charge in [0.1, 0.15) is 0 Å². The van der Waals surface area contributed by atoms with Gasteiger partial charge in [0, 0.05) is 23.2 Å². The molecule has 0 radical (unpaired) electrons. The molecule has 2 aromatic rings. The maximum Gasteiger partial charge on any atom is 0.248 e. The van der Waals surface area contributed by atoms with Crippen LogP contribution in [0, 0.1) is 0 Å². The predicted molar refractivity (Wildman–Crippen MR) is 87.7 cm³/mol. The molecule has 5 heteroatoms. The third-order valence-corrected chi connectivity index (χ3v) is 3.78. The average molecular weight is 319 g/mol. The average Bonchev–Trinajstić information content (AvgIpc) is 2.53. The van der Waals surface area contributed by atoms with E-state index in [4.69, 9.17) is 17.3 Å². The van der Waals surface area contributed by atoms with Gasteiger partial charge in [0.25, 0.3) is 0 Å². The summed E-state index contributed by atoms with van der Waals surface area (Å²) in [5.41, 5.74) is 7.48. The lowest BCUT2D eigenvalue weighted by molar-refractivity contribution is 0.1000. The topological polar surface area (TPSA) is 75.3 Å². The number of hydrogen-bond donors (Lipinski definition) is 3. The Morgan fingerprint density at radius 1 is 1.27 bits per heavy atom. The Balaban J connectivity index is 1.97. The monoisotopic (exact) mass is 318 g/mol. The van der Waals surface area contributed by atoms with Gasteiger partial charge in [0.2, 0.25) is 5.91 Å². The standard InChI is InChI=1S/C17H19ClN2O2/c1-11(16(21)13-5-7-15(18)8-6-13)20-10-12-3-2-4-14(9-12)17(19)22/h2-9,11,16,20-21H,10H2,1H3,(H2,19,22). The molecule has 1 amide bonds. The number of rotatable bonds is 6. The molecule has 0 heterocycles. The molecule has 0 fully saturated rings. The van der Waals surface area contributed by atoms with Crippen LogP contribution in [0.5, 0.6) is 0 Å². The molecule has 116 valence electrons. The number of aliphatic hydroxyl groups excluding tert-OH is 1. The van der Waals surface area contributed by atoms with E-state index in [0.29, 0.717) is 17.1 Å². The third kappa shape index (κ3) is 4.31. The number of carbonyl (C=O) groups excluding carboxylic acids is 1. The lowest BCUT2D eigenvalue weighted by Crippen LogP contribution is -2.31. The van der Waals surface area contributed by atoms with E-state index in [9.17, 15) is 9.90 Å². The van der Waals surface area contributed by atoms with Crippen LogP contribution in [0.25, 0.3) is 0 Å². The summed E-state index contributed by atoms with van der Waals surface area (Å²) in [4.78, 5) is 11.2. The van der Waals surface area contributed by atoms with Crippen LogP contribution in [0.2, 0.25) is 5.02 Å². The summed E-state index contributed by atoms with van der Waals surface area (Å²) in [5.74, 6) is -0.448. The second kappa shape index (κ2) is 7.40. The van der Waals surface area contributed by atoms with Crippen molar-refractivity contribution in [1.29, 1.82) is 0 Å². The molecule has 0 spiro atoms. The number of halogens is 1. The highest BCUT2D eigenvalue weighted by molar-refractivity contribution is 6.30. The van der Waals surface area contributed by atoms with Crippen LogP contribution < -0.4 is 11.1 Å². The quantitative estimate of drug-likeness (QED) is 0.766. The number of aliphatic hydroxyl groups is 1. The number of nitrogens with one attached hydrogen (secondary N) is 1. The van der Waals surface area contributed by atoms with E-state index >= 15 is 0 Å². The van der Waals surface area contributed by atoms with Gasteiger partial charge < -0.3 is 16.2 Å². The third-order valence-electron chi connectivity index (χ3n) is 3.52. The predicted octanol–water partition coefficient (Wildman–Crippen LogP) is 2.65. The van der Waals surface area contributed by atoms with Crippen LogP contribution >= 0.6 is 11.6 Å². The summed E-state index contributed by atoms with van der Waals surface area (Å²) in [6.45, 7) is 2.43. The Kier molecular flexibility index (Phi) is 5.55. The maximum absolute atomic E-state index is 11.2. The molecular formula is C17H19ClN2O2. The minimum atomic E-state index is -0.642. The van der Waals surface area contributed by atoms with Crippen molar-refractivity contribution in [2.75, 3.05) is 0 Å². The molecule has 0 saturated heterocycles. The Bertz CT molecular complexity index is 643. The van der Waals surface area contributed by atoms with Gasteiger partial charge in [-0.1, -0.05) is 35.9 Å². The summed E-state index contributed by atoms with van der Waals surface area (Å²) in [7, 11) is 0. The summed E-state index contributed by atoms with van der Waals surface area (Å²) in [6, 6.07) is 14.1. The highest BCUT2D eigenvalue weighted by Crippen LogP contribution is 2.19. The van der Waals surface area contributed by atoms with Crippen LogP contribution in [0.15, 0.2) is 48.5 Å². The van der Waals surface area contributed by atoms with E-state index in [1.165, 1.54) is 0 Å². The zero-order valence-electron chi connectivity index (χ0n) is 12.3. The number of hydrogen-bond acceptors (Lipinski definition) is 3. The Morgan fingerprint density at radius 2 is 1.95 bits per heavy atom. The fourth-order valence-corrected chi connectivity index (χ4v) is 2.30. The summed E-state index contributed by atoms with van der Waals surface area (Å²) in [6.07, 6.45) is -0.642. The molecule has 0 saturated carbocycles. The zero-order valence-corrected chi connectivity index (χ0v) is 13.0. The molecule has 22 heavy (non-hydrogen) atoms. The largest absolute Gasteiger partial charge is 0.387 e. The van der Waals surface area contributed by atoms with E-state index in [-0.39, 0.29) is 6.04 Å². The second-order valence-electron chi connectivity index (χ2n) is 5.23. The first-order valence-electron chi connectivity index (χ1n) is 7.03. The van der Waals surface area contributed by atoms with E-state index in [1.54, 1.807) is 42.5 Å². The molecule has 2 rings (SSSR count). The van der Waals surface area contributed by atoms with Crippen molar-refractivity contribution in [1.82, 2.24) is 5.32 Å². The Labute approximate surface area is 134 Å². The molecule has 0 aliphatic heterocycles. The SMILES string of the molecule is CC(NCc1cccc(C(N)=O)c1)C(O)c1ccc(Cl)cc1. The van der Waals surface area contributed by atoms with Crippen LogP contribution in [-0.2, 0) is 6.54 Å². The molecular weight excluding hydrogens is 300 g/mol. The minimum Gasteiger partial charge on any atom is -0.387 e. The normalized spacial score (nSPS) is 13.6. The van der Waals surface area contributed by atoms with Crippen molar-refractivity contribution >= 4 is 17.5 Å². The van der Waals surface area contributed by atoms with Gasteiger partial charge in [-0.05, 0) is 42.3 Å². The molecule has 0 bridgehead atoms. The van der Waals surface area contributed by atoms with Crippen molar-refractivity contribution in [3.05, 3.63) is 70.2 Å². The fourth-order valence-electron chi connectivity index (χ4n) is 2.17. The van der Waals surface area contributed by atoms with E-state index < -0.39 is 12.0 Å². The Morgan fingerprint density at radius 3 is 2.59 bits per heavy atom. The first kappa shape index (κ1) is 16.5. The molecule has 2 unspecified atom stereocenters. The van der Waals surface area contributed by atoms with Crippen LogP contribution in [0.1, 0.15) is 34.5 Å². The van der Waals surface area contributed by atoms with Crippen LogP contribution in [0.4, 0.5) is 0 Å². The first-order chi connectivity index (χ1) is 10.5. The summed E-state index contributed by atoms with van der Waals surface area (Å²) < 4.78 is 0. The van der Waals surface area contributed by atoms with Gasteiger partial charge in [-0.15, -0.1) is 0 Å². The van der Waals surface area contributed by atoms with Crippen molar-refractivity contribution in [2.24, 2.45) is 5.73 Å². The van der Waals surface area contributed by atoms with Gasteiger partial charge in [0.15, 0.2) is 0 Å². The molecule has 4 nitrogen and oxygen atoms in total.